The molecule has 2 amide bonds. The molecule has 8 nitrogen and oxygen atoms in total. The van der Waals surface area contributed by atoms with Gasteiger partial charge in [0.1, 0.15) is 18.7 Å². The largest absolute Gasteiger partial charge is 0.466 e. The van der Waals surface area contributed by atoms with Gasteiger partial charge in [-0.1, -0.05) is 86.8 Å². The van der Waals surface area contributed by atoms with Gasteiger partial charge in [0, 0.05) is 13.0 Å². The van der Waals surface area contributed by atoms with E-state index in [0.717, 1.165) is 36.8 Å². The smallest absolute Gasteiger partial charge is 0.329 e. The molecular weight excluding hydrogens is 520 g/mol. The molecule has 2 fully saturated rings. The monoisotopic (exact) mass is 562 g/mol. The highest BCUT2D eigenvalue weighted by Crippen LogP contribution is 2.42. The third-order valence-corrected chi connectivity index (χ3v) is 8.20. The lowest BCUT2D eigenvalue weighted by Crippen LogP contribution is -2.55. The van der Waals surface area contributed by atoms with Crippen molar-refractivity contribution in [1.29, 1.82) is 0 Å². The van der Waals surface area contributed by atoms with E-state index in [-0.39, 0.29) is 37.2 Å². The number of carbonyl (C=O) groups is 4. The molecule has 0 radical (unpaired) electrons. The maximum absolute atomic E-state index is 14.0. The number of rotatable bonds is 13. The zero-order valence-electron chi connectivity index (χ0n) is 24.0. The van der Waals surface area contributed by atoms with Gasteiger partial charge >= 0.3 is 11.9 Å². The number of hydrogen-bond acceptors (Lipinski definition) is 6. The van der Waals surface area contributed by atoms with Crippen LogP contribution in [0.1, 0.15) is 75.8 Å². The number of esters is 2. The summed E-state index contributed by atoms with van der Waals surface area (Å²) >= 11 is 0. The van der Waals surface area contributed by atoms with Crippen LogP contribution >= 0.6 is 0 Å². The average Bonchev–Trinajstić information content (AvgIpc) is 3.67. The third-order valence-electron chi connectivity index (χ3n) is 8.20. The first kappa shape index (κ1) is 30.3. The fraction of sp³-hybridized carbons (Fsp3) is 0.515. The Morgan fingerprint density at radius 1 is 0.927 bits per heavy atom. The number of ether oxygens (including phenoxy) is 2. The molecule has 1 saturated heterocycles. The van der Waals surface area contributed by atoms with E-state index in [1.807, 2.05) is 67.6 Å². The molecule has 2 aromatic rings. The second kappa shape index (κ2) is 14.8. The SMILES string of the molecule is CCCCOC(=O)CC1(C(=O)N[C@@H](Cc2ccccc2)C(=O)N2CCC[C@H]2C(=O)OCc2ccccc2)CCCC1. The van der Waals surface area contributed by atoms with Crippen molar-refractivity contribution < 1.29 is 28.7 Å². The molecule has 1 heterocycles. The van der Waals surface area contributed by atoms with Crippen molar-refractivity contribution in [3.8, 4) is 0 Å². The number of benzene rings is 2. The standard InChI is InChI=1S/C33H42N2O6/c1-2-3-21-40-29(36)23-33(18-10-11-19-33)32(39)34-27(22-25-13-6-4-7-14-25)30(37)35-20-12-17-28(35)31(38)41-24-26-15-8-5-9-16-26/h4-9,13-16,27-28H,2-3,10-12,17-24H2,1H3,(H,34,39)/t27-,28-/m0/s1. The van der Waals surface area contributed by atoms with Gasteiger partial charge in [-0.2, -0.15) is 0 Å². The van der Waals surface area contributed by atoms with Crippen molar-refractivity contribution in [3.63, 3.8) is 0 Å². The van der Waals surface area contributed by atoms with Crippen molar-refractivity contribution in [1.82, 2.24) is 10.2 Å². The Hall–Kier alpha value is -3.68. The van der Waals surface area contributed by atoms with E-state index in [1.165, 1.54) is 0 Å². The zero-order chi connectivity index (χ0) is 29.1. The van der Waals surface area contributed by atoms with E-state index in [4.69, 9.17) is 9.47 Å². The number of hydrogen-bond donors (Lipinski definition) is 1. The van der Waals surface area contributed by atoms with Crippen molar-refractivity contribution in [2.75, 3.05) is 13.2 Å². The minimum atomic E-state index is -0.891. The number of nitrogens with zero attached hydrogens (tertiary/aromatic N) is 1. The molecule has 1 aliphatic carbocycles. The van der Waals surface area contributed by atoms with Crippen LogP contribution in [0.2, 0.25) is 0 Å². The first-order valence-corrected chi connectivity index (χ1v) is 14.9. The lowest BCUT2D eigenvalue weighted by Gasteiger charge is -2.32. The van der Waals surface area contributed by atoms with Crippen LogP contribution in [0.15, 0.2) is 60.7 Å². The van der Waals surface area contributed by atoms with Crippen LogP contribution in [-0.4, -0.2) is 53.9 Å². The van der Waals surface area contributed by atoms with Gasteiger partial charge in [0.25, 0.3) is 0 Å². The van der Waals surface area contributed by atoms with E-state index in [2.05, 4.69) is 5.32 Å². The van der Waals surface area contributed by atoms with E-state index >= 15 is 0 Å². The minimum absolute atomic E-state index is 0.00689. The van der Waals surface area contributed by atoms with E-state index in [9.17, 15) is 19.2 Å². The fourth-order valence-corrected chi connectivity index (χ4v) is 5.86. The van der Waals surface area contributed by atoms with Crippen LogP contribution in [0.4, 0.5) is 0 Å². The summed E-state index contributed by atoms with van der Waals surface area (Å²) in [6.07, 6.45) is 6.01. The highest BCUT2D eigenvalue weighted by atomic mass is 16.5. The first-order chi connectivity index (χ1) is 19.9. The van der Waals surface area contributed by atoms with Gasteiger partial charge in [-0.15, -0.1) is 0 Å². The Labute approximate surface area is 242 Å². The number of unbranched alkanes of at least 4 members (excludes halogenated alkanes) is 1. The van der Waals surface area contributed by atoms with Crippen LogP contribution < -0.4 is 5.32 Å². The summed E-state index contributed by atoms with van der Waals surface area (Å²) < 4.78 is 11.0. The Bertz CT molecular complexity index is 1160. The summed E-state index contributed by atoms with van der Waals surface area (Å²) in [5.74, 6) is -1.41. The average molecular weight is 563 g/mol. The molecule has 220 valence electrons. The topological polar surface area (TPSA) is 102 Å². The first-order valence-electron chi connectivity index (χ1n) is 14.9. The molecule has 0 spiro atoms. The van der Waals surface area contributed by atoms with E-state index in [1.54, 1.807) is 4.90 Å². The molecule has 0 unspecified atom stereocenters. The summed E-state index contributed by atoms with van der Waals surface area (Å²) in [4.78, 5) is 55.1. The van der Waals surface area contributed by atoms with E-state index < -0.39 is 23.5 Å². The molecule has 2 aliphatic rings. The van der Waals surface area contributed by atoms with Gasteiger partial charge in [0.05, 0.1) is 18.4 Å². The summed E-state index contributed by atoms with van der Waals surface area (Å²) in [6.45, 7) is 2.93. The van der Waals surface area contributed by atoms with Crippen LogP contribution in [0.3, 0.4) is 0 Å². The number of amides is 2. The Morgan fingerprint density at radius 3 is 2.24 bits per heavy atom. The molecule has 1 N–H and O–H groups in total. The normalized spacial score (nSPS) is 18.5. The predicted octanol–water partition coefficient (Wildman–Crippen LogP) is 4.74. The zero-order valence-corrected chi connectivity index (χ0v) is 24.0. The second-order valence-corrected chi connectivity index (χ2v) is 11.2. The van der Waals surface area contributed by atoms with E-state index in [0.29, 0.717) is 38.8 Å². The molecule has 8 heteroatoms. The van der Waals surface area contributed by atoms with Crippen molar-refractivity contribution >= 4 is 23.8 Å². The number of likely N-dealkylation sites (tertiary alicyclic amines) is 1. The summed E-state index contributed by atoms with van der Waals surface area (Å²) in [5, 5.41) is 3.02. The fourth-order valence-electron chi connectivity index (χ4n) is 5.86. The maximum Gasteiger partial charge on any atom is 0.329 e. The Kier molecular flexibility index (Phi) is 10.9. The molecule has 2 aromatic carbocycles. The summed E-state index contributed by atoms with van der Waals surface area (Å²) in [7, 11) is 0. The lowest BCUT2D eigenvalue weighted by atomic mass is 9.81. The molecule has 0 bridgehead atoms. The van der Waals surface area contributed by atoms with Crippen LogP contribution in [0, 0.1) is 5.41 Å². The summed E-state index contributed by atoms with van der Waals surface area (Å²) in [5.41, 5.74) is 0.881. The van der Waals surface area contributed by atoms with Gasteiger partial charge in [-0.25, -0.2) is 4.79 Å². The van der Waals surface area contributed by atoms with Gasteiger partial charge in [-0.05, 0) is 43.2 Å². The highest BCUT2D eigenvalue weighted by Gasteiger charge is 2.46. The van der Waals surface area contributed by atoms with Crippen molar-refractivity contribution in [2.45, 2.75) is 89.8 Å². The van der Waals surface area contributed by atoms with Crippen molar-refractivity contribution in [2.24, 2.45) is 5.41 Å². The van der Waals surface area contributed by atoms with Crippen LogP contribution in [0.5, 0.6) is 0 Å². The van der Waals surface area contributed by atoms with Crippen molar-refractivity contribution in [3.05, 3.63) is 71.8 Å². The molecule has 1 aliphatic heterocycles. The quantitative estimate of drug-likeness (QED) is 0.280. The van der Waals surface area contributed by atoms with Gasteiger partial charge in [0.2, 0.25) is 11.8 Å². The lowest BCUT2D eigenvalue weighted by molar-refractivity contribution is -0.156. The number of carbonyl (C=O) groups excluding carboxylic acids is 4. The molecule has 0 aromatic heterocycles. The second-order valence-electron chi connectivity index (χ2n) is 11.2. The Morgan fingerprint density at radius 2 is 1.59 bits per heavy atom. The highest BCUT2D eigenvalue weighted by molar-refractivity contribution is 5.94. The van der Waals surface area contributed by atoms with Gasteiger partial charge < -0.3 is 19.7 Å². The van der Waals surface area contributed by atoms with Crippen LogP contribution in [-0.2, 0) is 41.7 Å². The van der Waals surface area contributed by atoms with Crippen LogP contribution in [0.25, 0.3) is 0 Å². The number of nitrogens with one attached hydrogen (secondary N) is 1. The molecule has 4 rings (SSSR count). The molecular formula is C33H42N2O6. The van der Waals surface area contributed by atoms with Gasteiger partial charge in [-0.3, -0.25) is 14.4 Å². The molecule has 1 saturated carbocycles. The summed E-state index contributed by atoms with van der Waals surface area (Å²) in [6, 6.07) is 17.4. The Balaban J connectivity index is 1.48. The maximum atomic E-state index is 14.0. The molecule has 41 heavy (non-hydrogen) atoms. The molecule has 2 atom stereocenters. The van der Waals surface area contributed by atoms with Gasteiger partial charge in [0.15, 0.2) is 0 Å². The third kappa shape index (κ3) is 8.18. The minimum Gasteiger partial charge on any atom is -0.466 e. The predicted molar refractivity (Wildman–Crippen MR) is 154 cm³/mol.